The zero-order valence-electron chi connectivity index (χ0n) is 15.1. The van der Waals surface area contributed by atoms with Gasteiger partial charge in [-0.25, -0.2) is 0 Å². The van der Waals surface area contributed by atoms with Crippen LogP contribution in [-0.4, -0.2) is 18.5 Å². The van der Waals surface area contributed by atoms with Gasteiger partial charge in [-0.05, 0) is 44.4 Å². The SMILES string of the molecule is Cc1cc(C)c(NC(=O)[C@@H](C)[NH+]2CCc3ccccc3C2)c(C)c1. The summed E-state index contributed by atoms with van der Waals surface area (Å²) in [5.74, 6) is 0.111. The third-order valence-corrected chi connectivity index (χ3v) is 5.18. The number of carbonyl (C=O) groups excluding carboxylic acids is 1. The number of hydrogen-bond donors (Lipinski definition) is 2. The molecule has 3 heteroatoms. The number of rotatable bonds is 3. The number of anilines is 1. The second-order valence-electron chi connectivity index (χ2n) is 7.09. The maximum absolute atomic E-state index is 12.8. The molecule has 1 heterocycles. The lowest BCUT2D eigenvalue weighted by molar-refractivity contribution is -0.929. The van der Waals surface area contributed by atoms with E-state index in [0.29, 0.717) is 0 Å². The Labute approximate surface area is 144 Å². The maximum atomic E-state index is 12.8. The fourth-order valence-corrected chi connectivity index (χ4v) is 3.77. The van der Waals surface area contributed by atoms with Crippen molar-refractivity contribution in [1.29, 1.82) is 0 Å². The Morgan fingerprint density at radius 3 is 2.38 bits per heavy atom. The van der Waals surface area contributed by atoms with Crippen LogP contribution in [0, 0.1) is 20.8 Å². The molecule has 0 saturated heterocycles. The molecule has 2 aromatic carbocycles. The molecular weight excluding hydrogens is 296 g/mol. The summed E-state index contributed by atoms with van der Waals surface area (Å²) >= 11 is 0. The molecule has 0 radical (unpaired) electrons. The van der Waals surface area contributed by atoms with Crippen LogP contribution < -0.4 is 10.2 Å². The Kier molecular flexibility index (Phi) is 4.72. The molecule has 0 aliphatic carbocycles. The average Bonchev–Trinajstić information content (AvgIpc) is 2.56. The smallest absolute Gasteiger partial charge is 0.282 e. The molecular formula is C21H27N2O+. The molecule has 0 saturated carbocycles. The number of amides is 1. The number of carbonyl (C=O) groups is 1. The Balaban J connectivity index is 1.72. The van der Waals surface area contributed by atoms with Crippen molar-refractivity contribution in [3.05, 3.63) is 64.2 Å². The monoisotopic (exact) mass is 323 g/mol. The van der Waals surface area contributed by atoms with E-state index in [9.17, 15) is 4.79 Å². The number of fused-ring (bicyclic) bond motifs is 1. The van der Waals surface area contributed by atoms with Crippen LogP contribution in [-0.2, 0) is 17.8 Å². The van der Waals surface area contributed by atoms with Gasteiger partial charge in [0.25, 0.3) is 5.91 Å². The summed E-state index contributed by atoms with van der Waals surface area (Å²) in [7, 11) is 0. The molecule has 3 rings (SSSR count). The van der Waals surface area contributed by atoms with E-state index in [-0.39, 0.29) is 11.9 Å². The van der Waals surface area contributed by atoms with Gasteiger partial charge in [-0.2, -0.15) is 0 Å². The van der Waals surface area contributed by atoms with Crippen molar-refractivity contribution in [1.82, 2.24) is 0 Å². The second-order valence-corrected chi connectivity index (χ2v) is 7.09. The van der Waals surface area contributed by atoms with Crippen molar-refractivity contribution in [3.8, 4) is 0 Å². The highest BCUT2D eigenvalue weighted by Gasteiger charge is 2.29. The zero-order chi connectivity index (χ0) is 17.3. The van der Waals surface area contributed by atoms with Crippen molar-refractivity contribution < 1.29 is 9.69 Å². The Hall–Kier alpha value is -2.13. The lowest BCUT2D eigenvalue weighted by atomic mass is 9.98. The molecule has 1 unspecified atom stereocenters. The fraction of sp³-hybridized carbons (Fsp3) is 0.381. The number of aryl methyl sites for hydroxylation is 3. The van der Waals surface area contributed by atoms with Crippen LogP contribution >= 0.6 is 0 Å². The third kappa shape index (κ3) is 3.36. The quantitative estimate of drug-likeness (QED) is 0.894. The lowest BCUT2D eigenvalue weighted by Gasteiger charge is -2.30. The fourth-order valence-electron chi connectivity index (χ4n) is 3.77. The number of hydrogen-bond acceptors (Lipinski definition) is 1. The number of quaternary nitrogens is 1. The normalized spacial score (nSPS) is 17.9. The first-order chi connectivity index (χ1) is 11.5. The molecule has 0 aromatic heterocycles. The molecule has 0 bridgehead atoms. The van der Waals surface area contributed by atoms with E-state index in [4.69, 9.17) is 0 Å². The van der Waals surface area contributed by atoms with E-state index < -0.39 is 0 Å². The lowest BCUT2D eigenvalue weighted by Crippen LogP contribution is -3.16. The molecule has 2 atom stereocenters. The molecule has 0 fully saturated rings. The first-order valence-corrected chi connectivity index (χ1v) is 8.76. The van der Waals surface area contributed by atoms with Crippen molar-refractivity contribution in [3.63, 3.8) is 0 Å². The van der Waals surface area contributed by atoms with Gasteiger partial charge >= 0.3 is 0 Å². The van der Waals surface area contributed by atoms with E-state index in [1.807, 2.05) is 6.92 Å². The van der Waals surface area contributed by atoms with E-state index in [1.165, 1.54) is 21.6 Å². The van der Waals surface area contributed by atoms with Gasteiger partial charge in [0, 0.05) is 17.7 Å². The van der Waals surface area contributed by atoms with Crippen molar-refractivity contribution in [2.75, 3.05) is 11.9 Å². The van der Waals surface area contributed by atoms with Crippen LogP contribution in [0.4, 0.5) is 5.69 Å². The molecule has 126 valence electrons. The zero-order valence-corrected chi connectivity index (χ0v) is 15.1. The minimum absolute atomic E-state index is 0.0570. The first kappa shape index (κ1) is 16.7. The van der Waals surface area contributed by atoms with Crippen LogP contribution in [0.15, 0.2) is 36.4 Å². The Bertz CT molecular complexity index is 743. The van der Waals surface area contributed by atoms with Crippen molar-refractivity contribution in [2.24, 2.45) is 0 Å². The summed E-state index contributed by atoms with van der Waals surface area (Å²) in [5.41, 5.74) is 7.27. The molecule has 0 spiro atoms. The highest BCUT2D eigenvalue weighted by Crippen LogP contribution is 2.22. The van der Waals surface area contributed by atoms with Crippen LogP contribution in [0.25, 0.3) is 0 Å². The van der Waals surface area contributed by atoms with Crippen LogP contribution in [0.2, 0.25) is 0 Å². The van der Waals surface area contributed by atoms with Crippen LogP contribution in [0.3, 0.4) is 0 Å². The topological polar surface area (TPSA) is 33.5 Å². The molecule has 2 N–H and O–H groups in total. The molecule has 1 aliphatic heterocycles. The van der Waals surface area contributed by atoms with Gasteiger partial charge < -0.3 is 10.2 Å². The van der Waals surface area contributed by atoms with Gasteiger partial charge in [0.15, 0.2) is 6.04 Å². The number of nitrogens with one attached hydrogen (secondary N) is 2. The second kappa shape index (κ2) is 6.78. The van der Waals surface area contributed by atoms with Crippen LogP contribution in [0.5, 0.6) is 0 Å². The van der Waals surface area contributed by atoms with Gasteiger partial charge in [-0.1, -0.05) is 42.0 Å². The predicted octanol–water partition coefficient (Wildman–Crippen LogP) is 2.58. The summed E-state index contributed by atoms with van der Waals surface area (Å²) in [6.07, 6.45) is 1.05. The van der Waals surface area contributed by atoms with Gasteiger partial charge in [0.2, 0.25) is 0 Å². The van der Waals surface area contributed by atoms with Crippen molar-refractivity contribution in [2.45, 2.75) is 46.7 Å². The molecule has 2 aromatic rings. The standard InChI is InChI=1S/C21H26N2O/c1-14-11-15(2)20(16(3)12-14)22-21(24)17(4)23-10-9-18-7-5-6-8-19(18)13-23/h5-8,11-12,17H,9-10,13H2,1-4H3,(H,22,24)/p+1/t17-/m1/s1. The van der Waals surface area contributed by atoms with E-state index in [0.717, 1.165) is 36.3 Å². The minimum Gasteiger partial charge on any atom is -0.321 e. The third-order valence-electron chi connectivity index (χ3n) is 5.18. The van der Waals surface area contributed by atoms with Crippen molar-refractivity contribution >= 4 is 11.6 Å². The summed E-state index contributed by atoms with van der Waals surface area (Å²) in [6, 6.07) is 12.8. The highest BCUT2D eigenvalue weighted by molar-refractivity contribution is 5.95. The van der Waals surface area contributed by atoms with Gasteiger partial charge in [-0.3, -0.25) is 4.79 Å². The molecule has 24 heavy (non-hydrogen) atoms. The predicted molar refractivity (Wildman–Crippen MR) is 98.4 cm³/mol. The van der Waals surface area contributed by atoms with E-state index >= 15 is 0 Å². The van der Waals surface area contributed by atoms with E-state index in [1.54, 1.807) is 0 Å². The Morgan fingerprint density at radius 1 is 1.08 bits per heavy atom. The van der Waals surface area contributed by atoms with Gasteiger partial charge in [0.1, 0.15) is 6.54 Å². The summed E-state index contributed by atoms with van der Waals surface area (Å²) in [4.78, 5) is 14.1. The minimum atomic E-state index is -0.0570. The van der Waals surface area contributed by atoms with Gasteiger partial charge in [-0.15, -0.1) is 0 Å². The van der Waals surface area contributed by atoms with E-state index in [2.05, 4.69) is 62.5 Å². The Morgan fingerprint density at radius 2 is 1.71 bits per heavy atom. The van der Waals surface area contributed by atoms with Gasteiger partial charge in [0.05, 0.1) is 6.54 Å². The number of benzene rings is 2. The summed E-state index contributed by atoms with van der Waals surface area (Å²) in [6.45, 7) is 10.2. The highest BCUT2D eigenvalue weighted by atomic mass is 16.2. The largest absolute Gasteiger partial charge is 0.321 e. The molecule has 1 amide bonds. The summed E-state index contributed by atoms with van der Waals surface area (Å²) in [5, 5.41) is 3.17. The first-order valence-electron chi connectivity index (χ1n) is 8.76. The molecule has 1 aliphatic rings. The summed E-state index contributed by atoms with van der Waals surface area (Å²) < 4.78 is 0. The molecule has 3 nitrogen and oxygen atoms in total. The average molecular weight is 323 g/mol. The van der Waals surface area contributed by atoms with Crippen LogP contribution in [0.1, 0.15) is 34.7 Å². The maximum Gasteiger partial charge on any atom is 0.282 e.